The van der Waals surface area contributed by atoms with Crippen LogP contribution in [0.5, 0.6) is 5.75 Å². The maximum absolute atomic E-state index is 12.6. The van der Waals surface area contributed by atoms with E-state index in [1.165, 1.54) is 0 Å². The molecule has 0 unspecified atom stereocenters. The van der Waals surface area contributed by atoms with Gasteiger partial charge in [-0.2, -0.15) is 0 Å². The Morgan fingerprint density at radius 1 is 1.19 bits per heavy atom. The predicted molar refractivity (Wildman–Crippen MR) is 83.4 cm³/mol. The van der Waals surface area contributed by atoms with Crippen LogP contribution in [0.3, 0.4) is 0 Å². The highest BCUT2D eigenvalue weighted by atomic mass is 16.5. The quantitative estimate of drug-likeness (QED) is 0.624. The van der Waals surface area contributed by atoms with Crippen LogP contribution in [0.2, 0.25) is 0 Å². The summed E-state index contributed by atoms with van der Waals surface area (Å²) in [5, 5.41) is 0. The number of hydrogen-bond acceptors (Lipinski definition) is 4. The summed E-state index contributed by atoms with van der Waals surface area (Å²) < 4.78 is 5.38. The second-order valence-electron chi connectivity index (χ2n) is 4.79. The van der Waals surface area contributed by atoms with Gasteiger partial charge in [0.2, 0.25) is 5.78 Å². The minimum absolute atomic E-state index is 0.144. The monoisotopic (exact) mass is 282 g/mol. The minimum Gasteiger partial charge on any atom is -0.496 e. The molecule has 2 rings (SSSR count). The second kappa shape index (κ2) is 6.22. The van der Waals surface area contributed by atoms with Crippen LogP contribution < -0.4 is 4.74 Å². The second-order valence-corrected chi connectivity index (χ2v) is 4.79. The number of ether oxygens (including phenoxy) is 1. The number of hydrogen-bond donors (Lipinski definition) is 0. The van der Waals surface area contributed by atoms with Gasteiger partial charge >= 0.3 is 0 Å². The molecule has 0 aliphatic carbocycles. The lowest BCUT2D eigenvalue weighted by atomic mass is 9.97. The third-order valence-electron chi connectivity index (χ3n) is 3.26. The first-order valence-corrected chi connectivity index (χ1v) is 6.54. The van der Waals surface area contributed by atoms with Crippen molar-refractivity contribution in [2.45, 2.75) is 0 Å². The number of nitrogens with zero attached hydrogens (tertiary/aromatic N) is 2. The zero-order valence-corrected chi connectivity index (χ0v) is 12.5. The van der Waals surface area contributed by atoms with Gasteiger partial charge in [0.25, 0.3) is 0 Å². The molecule has 0 N–H and O–H groups in total. The van der Waals surface area contributed by atoms with Crippen molar-refractivity contribution >= 4 is 5.78 Å². The van der Waals surface area contributed by atoms with Crippen molar-refractivity contribution in [1.29, 1.82) is 0 Å². The van der Waals surface area contributed by atoms with Gasteiger partial charge in [0.1, 0.15) is 5.75 Å². The number of aromatic nitrogens is 1. The van der Waals surface area contributed by atoms with Crippen LogP contribution >= 0.6 is 0 Å². The molecule has 4 heteroatoms. The highest BCUT2D eigenvalue weighted by Crippen LogP contribution is 2.32. The molecule has 0 amide bonds. The molecule has 1 aromatic carbocycles. The molecule has 0 atom stereocenters. The van der Waals surface area contributed by atoms with Crippen LogP contribution in [-0.2, 0) is 0 Å². The number of pyridine rings is 1. The number of carbonyl (C=O) groups excluding carboxylic acids is 1. The summed E-state index contributed by atoms with van der Waals surface area (Å²) in [6, 6.07) is 9.40. The number of likely N-dealkylation sites (N-methyl/N-ethyl adjacent to an activating group) is 1. The molecule has 0 radical (unpaired) electrons. The normalized spacial score (nSPS) is 10.0. The Morgan fingerprint density at radius 2 is 1.90 bits per heavy atom. The fraction of sp³-hybridized carbons (Fsp3) is 0.176. The van der Waals surface area contributed by atoms with Crippen molar-refractivity contribution < 1.29 is 9.53 Å². The minimum atomic E-state index is -0.144. The summed E-state index contributed by atoms with van der Waals surface area (Å²) in [5.41, 5.74) is 2.58. The highest BCUT2D eigenvalue weighted by molar-refractivity contribution is 6.11. The Bertz CT molecular complexity index is 678. The van der Waals surface area contributed by atoms with Crippen LogP contribution in [0.1, 0.15) is 10.4 Å². The van der Waals surface area contributed by atoms with Crippen LogP contribution in [0.25, 0.3) is 11.1 Å². The van der Waals surface area contributed by atoms with E-state index in [0.717, 1.165) is 11.1 Å². The van der Waals surface area contributed by atoms with Gasteiger partial charge in [0, 0.05) is 32.1 Å². The molecular formula is C17H18N2O2. The molecule has 4 nitrogen and oxygen atoms in total. The van der Waals surface area contributed by atoms with E-state index >= 15 is 0 Å². The standard InChI is InChI=1S/C17H18N2O2/c1-12(19(2)3)17(20)15-11-18-10-9-13(15)14-7-5-6-8-16(14)21-4/h5-11H,1H2,2-4H3. The lowest BCUT2D eigenvalue weighted by molar-refractivity contribution is 0.100. The first kappa shape index (κ1) is 14.8. The average molecular weight is 282 g/mol. The Kier molecular flexibility index (Phi) is 4.38. The summed E-state index contributed by atoms with van der Waals surface area (Å²) in [6.45, 7) is 3.83. The van der Waals surface area contributed by atoms with Crippen LogP contribution in [-0.4, -0.2) is 36.9 Å². The maximum atomic E-state index is 12.6. The molecule has 0 aliphatic heterocycles. The van der Waals surface area contributed by atoms with Crippen molar-refractivity contribution in [3.8, 4) is 16.9 Å². The van der Waals surface area contributed by atoms with Crippen molar-refractivity contribution in [1.82, 2.24) is 9.88 Å². The molecule has 2 aromatic rings. The van der Waals surface area contributed by atoms with Gasteiger partial charge in [-0.15, -0.1) is 0 Å². The van der Waals surface area contributed by atoms with Crippen LogP contribution in [0, 0.1) is 0 Å². The zero-order valence-electron chi connectivity index (χ0n) is 12.5. The highest BCUT2D eigenvalue weighted by Gasteiger charge is 2.18. The lowest BCUT2D eigenvalue weighted by Gasteiger charge is -2.17. The van der Waals surface area contributed by atoms with Crippen molar-refractivity contribution in [3.63, 3.8) is 0 Å². The first-order chi connectivity index (χ1) is 10.1. The molecule has 1 aromatic heterocycles. The number of Topliss-reactive ketones (excluding diaryl/α,β-unsaturated/α-hetero) is 1. The average Bonchev–Trinajstić information content (AvgIpc) is 2.53. The number of ketones is 1. The van der Waals surface area contributed by atoms with Gasteiger partial charge < -0.3 is 9.64 Å². The summed E-state index contributed by atoms with van der Waals surface area (Å²) in [6.07, 6.45) is 3.23. The Hall–Kier alpha value is -2.62. The summed E-state index contributed by atoms with van der Waals surface area (Å²) in [7, 11) is 5.19. The van der Waals surface area contributed by atoms with E-state index < -0.39 is 0 Å². The van der Waals surface area contributed by atoms with Crippen LogP contribution in [0.4, 0.5) is 0 Å². The molecule has 1 heterocycles. The predicted octanol–water partition coefficient (Wildman–Crippen LogP) is 3.02. The fourth-order valence-corrected chi connectivity index (χ4v) is 2.04. The third-order valence-corrected chi connectivity index (χ3v) is 3.26. The van der Waals surface area contributed by atoms with E-state index in [9.17, 15) is 4.79 Å². The maximum Gasteiger partial charge on any atom is 0.210 e. The summed E-state index contributed by atoms with van der Waals surface area (Å²) in [4.78, 5) is 18.3. The number of rotatable bonds is 5. The van der Waals surface area contributed by atoms with Crippen molar-refractivity contribution in [3.05, 3.63) is 60.6 Å². The SMILES string of the molecule is C=C(C(=O)c1cnccc1-c1ccccc1OC)N(C)C. The lowest BCUT2D eigenvalue weighted by Crippen LogP contribution is -2.19. The van der Waals surface area contributed by atoms with Gasteiger partial charge in [0.05, 0.1) is 18.4 Å². The van der Waals surface area contributed by atoms with Gasteiger partial charge in [0.15, 0.2) is 0 Å². The topological polar surface area (TPSA) is 42.4 Å². The van der Waals surface area contributed by atoms with Crippen molar-refractivity contribution in [2.24, 2.45) is 0 Å². The van der Waals surface area contributed by atoms with Gasteiger partial charge in [-0.05, 0) is 17.7 Å². The van der Waals surface area contributed by atoms with E-state index in [1.54, 1.807) is 38.5 Å². The Balaban J connectivity index is 2.56. The summed E-state index contributed by atoms with van der Waals surface area (Å²) in [5.74, 6) is 0.572. The number of para-hydroxylation sites is 1. The number of methoxy groups -OCH3 is 1. The molecule has 0 bridgehead atoms. The van der Waals surface area contributed by atoms with E-state index in [1.807, 2.05) is 30.3 Å². The molecule has 0 saturated heterocycles. The zero-order chi connectivity index (χ0) is 15.4. The number of allylic oxidation sites excluding steroid dienone is 1. The number of carbonyl (C=O) groups is 1. The fourth-order valence-electron chi connectivity index (χ4n) is 2.04. The van der Waals surface area contributed by atoms with E-state index in [0.29, 0.717) is 17.0 Å². The van der Waals surface area contributed by atoms with Gasteiger partial charge in [-0.25, -0.2) is 0 Å². The van der Waals surface area contributed by atoms with Crippen LogP contribution in [0.15, 0.2) is 55.0 Å². The molecular weight excluding hydrogens is 264 g/mol. The van der Waals surface area contributed by atoms with Gasteiger partial charge in [-0.3, -0.25) is 9.78 Å². The molecule has 21 heavy (non-hydrogen) atoms. The molecule has 0 saturated carbocycles. The number of benzene rings is 1. The largest absolute Gasteiger partial charge is 0.496 e. The van der Waals surface area contributed by atoms with E-state index in [2.05, 4.69) is 11.6 Å². The summed E-state index contributed by atoms with van der Waals surface area (Å²) >= 11 is 0. The van der Waals surface area contributed by atoms with Crippen molar-refractivity contribution in [2.75, 3.05) is 21.2 Å². The Morgan fingerprint density at radius 3 is 2.57 bits per heavy atom. The smallest absolute Gasteiger partial charge is 0.210 e. The molecule has 0 fully saturated rings. The van der Waals surface area contributed by atoms with Gasteiger partial charge in [-0.1, -0.05) is 24.8 Å². The first-order valence-electron chi connectivity index (χ1n) is 6.54. The molecule has 0 spiro atoms. The Labute approximate surface area is 124 Å². The van der Waals surface area contributed by atoms with E-state index in [4.69, 9.17) is 4.74 Å². The molecule has 0 aliphatic rings. The van der Waals surface area contributed by atoms with E-state index in [-0.39, 0.29) is 5.78 Å². The molecule has 108 valence electrons. The third kappa shape index (κ3) is 2.94.